The number of nitrogens with zero attached hydrogens (tertiary/aromatic N) is 1. The summed E-state index contributed by atoms with van der Waals surface area (Å²) in [5.74, 6) is 0.836. The first kappa shape index (κ1) is 18.6. The van der Waals surface area contributed by atoms with Crippen molar-refractivity contribution in [1.82, 2.24) is 16.0 Å². The van der Waals surface area contributed by atoms with Gasteiger partial charge in [0.15, 0.2) is 5.96 Å². The van der Waals surface area contributed by atoms with Gasteiger partial charge >= 0.3 is 0 Å². The fourth-order valence-electron chi connectivity index (χ4n) is 2.86. The van der Waals surface area contributed by atoms with Crippen LogP contribution in [0.1, 0.15) is 36.0 Å². The van der Waals surface area contributed by atoms with Gasteiger partial charge < -0.3 is 16.0 Å². The maximum absolute atomic E-state index is 11.9. The molecule has 24 heavy (non-hydrogen) atoms. The van der Waals surface area contributed by atoms with Crippen molar-refractivity contribution < 1.29 is 4.79 Å². The van der Waals surface area contributed by atoms with E-state index in [1.807, 2.05) is 42.1 Å². The zero-order valence-electron chi connectivity index (χ0n) is 14.5. The lowest BCUT2D eigenvalue weighted by molar-refractivity contribution is 0.0953. The van der Waals surface area contributed by atoms with Crippen molar-refractivity contribution in [2.45, 2.75) is 37.0 Å². The maximum atomic E-state index is 11.9. The number of hydrogen-bond donors (Lipinski definition) is 3. The summed E-state index contributed by atoms with van der Waals surface area (Å²) >= 11 is 1.96. The molecule has 2 rings (SSSR count). The molecule has 0 heterocycles. The second kappa shape index (κ2) is 10.2. The number of carbonyl (C=O) groups excluding carboxylic acids is 1. The summed E-state index contributed by atoms with van der Waals surface area (Å²) in [6.07, 6.45) is 6.73. The van der Waals surface area contributed by atoms with Crippen LogP contribution in [0, 0.1) is 0 Å². The zero-order valence-corrected chi connectivity index (χ0v) is 15.4. The van der Waals surface area contributed by atoms with Crippen LogP contribution >= 0.6 is 11.8 Å². The van der Waals surface area contributed by atoms with Gasteiger partial charge in [-0.15, -0.1) is 0 Å². The molecule has 0 radical (unpaired) electrons. The SMILES string of the molecule is CN=C(NCCCNC(=O)c1ccccc1)NC1CCC(SC)C1. The van der Waals surface area contributed by atoms with Crippen molar-refractivity contribution in [3.05, 3.63) is 35.9 Å². The zero-order chi connectivity index (χ0) is 17.2. The lowest BCUT2D eigenvalue weighted by atomic mass is 10.2. The topological polar surface area (TPSA) is 65.5 Å². The molecule has 1 amide bonds. The molecule has 0 saturated heterocycles. The quantitative estimate of drug-likeness (QED) is 0.402. The van der Waals surface area contributed by atoms with E-state index in [1.54, 1.807) is 7.05 Å². The Bertz CT molecular complexity index is 535. The Morgan fingerprint density at radius 3 is 2.62 bits per heavy atom. The van der Waals surface area contributed by atoms with Crippen LogP contribution in [-0.2, 0) is 0 Å². The molecule has 1 saturated carbocycles. The number of aliphatic imine (C=N–C) groups is 1. The molecule has 6 heteroatoms. The highest BCUT2D eigenvalue weighted by Gasteiger charge is 2.24. The van der Waals surface area contributed by atoms with Gasteiger partial charge in [-0.05, 0) is 44.1 Å². The molecule has 0 spiro atoms. The minimum absolute atomic E-state index is 0.0211. The van der Waals surface area contributed by atoms with Crippen LogP contribution in [-0.4, -0.2) is 49.6 Å². The highest BCUT2D eigenvalue weighted by molar-refractivity contribution is 7.99. The normalized spacial score (nSPS) is 20.7. The lowest BCUT2D eigenvalue weighted by Crippen LogP contribution is -2.43. The second-order valence-electron chi connectivity index (χ2n) is 5.99. The number of carbonyl (C=O) groups is 1. The molecular weight excluding hydrogens is 320 g/mol. The molecule has 3 N–H and O–H groups in total. The van der Waals surface area contributed by atoms with Crippen molar-refractivity contribution >= 4 is 23.6 Å². The molecule has 1 aromatic carbocycles. The van der Waals surface area contributed by atoms with Gasteiger partial charge in [-0.1, -0.05) is 18.2 Å². The third-order valence-electron chi connectivity index (χ3n) is 4.25. The number of nitrogens with one attached hydrogen (secondary N) is 3. The largest absolute Gasteiger partial charge is 0.356 e. The predicted molar refractivity (Wildman–Crippen MR) is 103 cm³/mol. The number of guanidine groups is 1. The van der Waals surface area contributed by atoms with Crippen LogP contribution in [0.25, 0.3) is 0 Å². The van der Waals surface area contributed by atoms with Crippen molar-refractivity contribution in [2.75, 3.05) is 26.4 Å². The second-order valence-corrected chi connectivity index (χ2v) is 7.12. The fraction of sp³-hybridized carbons (Fsp3) is 0.556. The number of benzene rings is 1. The molecule has 1 fully saturated rings. The van der Waals surface area contributed by atoms with E-state index in [4.69, 9.17) is 0 Å². The summed E-state index contributed by atoms with van der Waals surface area (Å²) in [6, 6.07) is 9.82. The average Bonchev–Trinajstić information content (AvgIpc) is 3.08. The molecule has 0 aliphatic heterocycles. The Hall–Kier alpha value is -1.69. The first-order valence-electron chi connectivity index (χ1n) is 8.56. The summed E-state index contributed by atoms with van der Waals surface area (Å²) in [6.45, 7) is 1.43. The van der Waals surface area contributed by atoms with Crippen LogP contribution in [0.15, 0.2) is 35.3 Å². The highest BCUT2D eigenvalue weighted by Crippen LogP contribution is 2.27. The van der Waals surface area contributed by atoms with Gasteiger partial charge in [0.2, 0.25) is 0 Å². The molecule has 5 nitrogen and oxygen atoms in total. The molecule has 1 aromatic rings. The van der Waals surface area contributed by atoms with Gasteiger partial charge in [0.1, 0.15) is 0 Å². The first-order chi connectivity index (χ1) is 11.7. The number of hydrogen-bond acceptors (Lipinski definition) is 3. The molecule has 1 aliphatic carbocycles. The Morgan fingerprint density at radius 2 is 1.96 bits per heavy atom. The standard InChI is InChI=1S/C18H28N4OS/c1-19-18(22-15-9-10-16(13-15)24-2)21-12-6-11-20-17(23)14-7-4-3-5-8-14/h3-5,7-8,15-16H,6,9-13H2,1-2H3,(H,20,23)(H2,19,21,22). The highest BCUT2D eigenvalue weighted by atomic mass is 32.2. The van der Waals surface area contributed by atoms with Gasteiger partial charge in [-0.2, -0.15) is 11.8 Å². The summed E-state index contributed by atoms with van der Waals surface area (Å²) in [4.78, 5) is 16.2. The lowest BCUT2D eigenvalue weighted by Gasteiger charge is -2.17. The van der Waals surface area contributed by atoms with E-state index in [0.717, 1.165) is 24.2 Å². The van der Waals surface area contributed by atoms with Gasteiger partial charge in [0.05, 0.1) is 0 Å². The van der Waals surface area contributed by atoms with E-state index < -0.39 is 0 Å². The van der Waals surface area contributed by atoms with Gasteiger partial charge in [-0.25, -0.2) is 0 Å². The predicted octanol–water partition coefficient (Wildman–Crippen LogP) is 2.26. The van der Waals surface area contributed by atoms with E-state index in [-0.39, 0.29) is 5.91 Å². The van der Waals surface area contributed by atoms with Crippen molar-refractivity contribution in [3.8, 4) is 0 Å². The van der Waals surface area contributed by atoms with E-state index in [9.17, 15) is 4.79 Å². The van der Waals surface area contributed by atoms with E-state index in [0.29, 0.717) is 18.2 Å². The molecule has 2 unspecified atom stereocenters. The van der Waals surface area contributed by atoms with Crippen LogP contribution < -0.4 is 16.0 Å². The van der Waals surface area contributed by atoms with Gasteiger partial charge in [0.25, 0.3) is 5.91 Å². The summed E-state index contributed by atoms with van der Waals surface area (Å²) in [5, 5.41) is 10.5. The Labute approximate surface area is 149 Å². The minimum atomic E-state index is -0.0211. The monoisotopic (exact) mass is 348 g/mol. The third-order valence-corrected chi connectivity index (χ3v) is 5.34. The van der Waals surface area contributed by atoms with Crippen LogP contribution in [0.3, 0.4) is 0 Å². The first-order valence-corrected chi connectivity index (χ1v) is 9.85. The van der Waals surface area contributed by atoms with E-state index in [1.165, 1.54) is 19.3 Å². The average molecular weight is 349 g/mol. The van der Waals surface area contributed by atoms with Crippen LogP contribution in [0.5, 0.6) is 0 Å². The minimum Gasteiger partial charge on any atom is -0.356 e. The summed E-state index contributed by atoms with van der Waals surface area (Å²) in [5.41, 5.74) is 0.701. The summed E-state index contributed by atoms with van der Waals surface area (Å²) < 4.78 is 0. The maximum Gasteiger partial charge on any atom is 0.251 e. The Morgan fingerprint density at radius 1 is 1.21 bits per heavy atom. The molecule has 0 bridgehead atoms. The number of rotatable bonds is 7. The summed E-state index contributed by atoms with van der Waals surface area (Å²) in [7, 11) is 1.80. The third kappa shape index (κ3) is 6.07. The smallest absolute Gasteiger partial charge is 0.251 e. The van der Waals surface area contributed by atoms with Crippen LogP contribution in [0.4, 0.5) is 0 Å². The van der Waals surface area contributed by atoms with E-state index in [2.05, 4.69) is 27.2 Å². The van der Waals surface area contributed by atoms with Crippen molar-refractivity contribution in [3.63, 3.8) is 0 Å². The van der Waals surface area contributed by atoms with E-state index >= 15 is 0 Å². The molecule has 1 aliphatic rings. The molecule has 2 atom stereocenters. The van der Waals surface area contributed by atoms with Crippen LogP contribution in [0.2, 0.25) is 0 Å². The molecule has 132 valence electrons. The van der Waals surface area contributed by atoms with Gasteiger partial charge in [-0.3, -0.25) is 9.79 Å². The Balaban J connectivity index is 1.60. The number of thioether (sulfide) groups is 1. The molecule has 0 aromatic heterocycles. The number of amides is 1. The Kier molecular flexibility index (Phi) is 7.95. The van der Waals surface area contributed by atoms with Crippen molar-refractivity contribution in [2.24, 2.45) is 4.99 Å². The fourth-order valence-corrected chi connectivity index (χ4v) is 3.66. The van der Waals surface area contributed by atoms with Crippen molar-refractivity contribution in [1.29, 1.82) is 0 Å². The molecular formula is C18H28N4OS. The van der Waals surface area contributed by atoms with Gasteiger partial charge in [0, 0.05) is 37.0 Å².